The summed E-state index contributed by atoms with van der Waals surface area (Å²) >= 11 is 0. The zero-order chi connectivity index (χ0) is 12.5. The quantitative estimate of drug-likeness (QED) is 0.823. The van der Waals surface area contributed by atoms with Crippen LogP contribution in [-0.2, 0) is 17.8 Å². The lowest BCUT2D eigenvalue weighted by Crippen LogP contribution is -2.46. The van der Waals surface area contributed by atoms with Crippen molar-refractivity contribution < 1.29 is 4.79 Å². The number of primary amides is 1. The zero-order valence-corrected chi connectivity index (χ0v) is 10.6. The van der Waals surface area contributed by atoms with Crippen LogP contribution in [0.5, 0.6) is 0 Å². The number of fused-ring (bicyclic) bond motifs is 1. The van der Waals surface area contributed by atoms with E-state index < -0.39 is 0 Å². The van der Waals surface area contributed by atoms with Crippen LogP contribution in [-0.4, -0.2) is 39.5 Å². The number of nitrogens with two attached hydrogens (primary N) is 1. The third-order valence-corrected chi connectivity index (χ3v) is 4.37. The van der Waals surface area contributed by atoms with Gasteiger partial charge in [-0.25, -0.2) is 4.98 Å². The SMILES string of the molecule is NC(=O)C1CCN(C2CCn3ccnc3C2)CC1. The number of likely N-dealkylation sites (tertiary alicyclic amines) is 1. The number of hydrogen-bond donors (Lipinski definition) is 1. The van der Waals surface area contributed by atoms with Gasteiger partial charge >= 0.3 is 0 Å². The van der Waals surface area contributed by atoms with Gasteiger partial charge < -0.3 is 10.3 Å². The first kappa shape index (κ1) is 11.7. The van der Waals surface area contributed by atoms with Crippen LogP contribution >= 0.6 is 0 Å². The Hall–Kier alpha value is -1.36. The number of aromatic nitrogens is 2. The maximum atomic E-state index is 11.2. The van der Waals surface area contributed by atoms with Crippen molar-refractivity contribution in [2.45, 2.75) is 38.3 Å². The molecule has 5 heteroatoms. The summed E-state index contributed by atoms with van der Waals surface area (Å²) < 4.78 is 2.24. The molecule has 0 spiro atoms. The van der Waals surface area contributed by atoms with Crippen molar-refractivity contribution in [3.05, 3.63) is 18.2 Å². The second-order valence-corrected chi connectivity index (χ2v) is 5.40. The Kier molecular flexibility index (Phi) is 3.07. The van der Waals surface area contributed by atoms with Crippen LogP contribution < -0.4 is 5.73 Å². The van der Waals surface area contributed by atoms with Gasteiger partial charge in [-0.05, 0) is 32.4 Å². The molecule has 3 heterocycles. The molecule has 0 saturated carbocycles. The molecule has 0 aliphatic carbocycles. The topological polar surface area (TPSA) is 64.2 Å². The van der Waals surface area contributed by atoms with Gasteiger partial charge in [-0.3, -0.25) is 9.69 Å². The molecule has 1 fully saturated rings. The molecule has 1 saturated heterocycles. The summed E-state index contributed by atoms with van der Waals surface area (Å²) in [4.78, 5) is 18.1. The number of carbonyl (C=O) groups excluding carboxylic acids is 1. The van der Waals surface area contributed by atoms with E-state index in [1.54, 1.807) is 0 Å². The summed E-state index contributed by atoms with van der Waals surface area (Å²) in [5.41, 5.74) is 5.37. The lowest BCUT2D eigenvalue weighted by atomic mass is 9.93. The van der Waals surface area contributed by atoms with Crippen LogP contribution in [0.1, 0.15) is 25.1 Å². The fourth-order valence-corrected chi connectivity index (χ4v) is 3.20. The van der Waals surface area contributed by atoms with Crippen LogP contribution in [0, 0.1) is 5.92 Å². The average Bonchev–Trinajstić information content (AvgIpc) is 2.86. The zero-order valence-electron chi connectivity index (χ0n) is 10.6. The second kappa shape index (κ2) is 4.72. The number of piperidine rings is 1. The highest BCUT2D eigenvalue weighted by molar-refractivity contribution is 5.76. The Bertz CT molecular complexity index is 434. The monoisotopic (exact) mass is 248 g/mol. The van der Waals surface area contributed by atoms with E-state index in [9.17, 15) is 4.79 Å². The molecule has 2 N–H and O–H groups in total. The third kappa shape index (κ3) is 2.14. The number of carbonyl (C=O) groups is 1. The first-order valence-corrected chi connectivity index (χ1v) is 6.77. The van der Waals surface area contributed by atoms with E-state index in [2.05, 4.69) is 20.6 Å². The van der Waals surface area contributed by atoms with Crippen LogP contribution in [0.25, 0.3) is 0 Å². The smallest absolute Gasteiger partial charge is 0.220 e. The van der Waals surface area contributed by atoms with E-state index in [-0.39, 0.29) is 11.8 Å². The van der Waals surface area contributed by atoms with E-state index in [0.29, 0.717) is 6.04 Å². The van der Waals surface area contributed by atoms with E-state index in [1.165, 1.54) is 12.2 Å². The molecule has 0 bridgehead atoms. The summed E-state index contributed by atoms with van der Waals surface area (Å²) in [6.07, 6.45) is 8.00. The predicted octanol–water partition coefficient (Wildman–Crippen LogP) is 0.395. The van der Waals surface area contributed by atoms with Crippen molar-refractivity contribution in [3.8, 4) is 0 Å². The normalized spacial score (nSPS) is 25.9. The molecule has 1 amide bonds. The third-order valence-electron chi connectivity index (χ3n) is 4.37. The van der Waals surface area contributed by atoms with Crippen LogP contribution in [0.3, 0.4) is 0 Å². The minimum Gasteiger partial charge on any atom is -0.369 e. The minimum absolute atomic E-state index is 0.0897. The molecule has 3 rings (SSSR count). The summed E-state index contributed by atoms with van der Waals surface area (Å²) in [6.45, 7) is 3.06. The Morgan fingerprint density at radius 3 is 2.78 bits per heavy atom. The highest BCUT2D eigenvalue weighted by Crippen LogP contribution is 2.24. The highest BCUT2D eigenvalue weighted by atomic mass is 16.1. The largest absolute Gasteiger partial charge is 0.369 e. The van der Waals surface area contributed by atoms with Gasteiger partial charge in [-0.1, -0.05) is 0 Å². The maximum absolute atomic E-state index is 11.2. The number of rotatable bonds is 2. The Morgan fingerprint density at radius 2 is 2.06 bits per heavy atom. The van der Waals surface area contributed by atoms with E-state index in [1.807, 2.05) is 6.20 Å². The van der Waals surface area contributed by atoms with E-state index >= 15 is 0 Å². The molecular weight excluding hydrogens is 228 g/mol. The minimum atomic E-state index is -0.131. The van der Waals surface area contributed by atoms with E-state index in [4.69, 9.17) is 5.73 Å². The molecular formula is C13H20N4O. The highest BCUT2D eigenvalue weighted by Gasteiger charge is 2.29. The van der Waals surface area contributed by atoms with Crippen molar-refractivity contribution in [2.75, 3.05) is 13.1 Å². The molecule has 1 unspecified atom stereocenters. The van der Waals surface area contributed by atoms with Crippen LogP contribution in [0.4, 0.5) is 0 Å². The van der Waals surface area contributed by atoms with Gasteiger partial charge in [0, 0.05) is 37.3 Å². The van der Waals surface area contributed by atoms with Gasteiger partial charge in [0.2, 0.25) is 5.91 Å². The van der Waals surface area contributed by atoms with Gasteiger partial charge in [0.25, 0.3) is 0 Å². The van der Waals surface area contributed by atoms with Gasteiger partial charge in [0.15, 0.2) is 0 Å². The molecule has 1 aromatic rings. The van der Waals surface area contributed by atoms with Crippen molar-refractivity contribution >= 4 is 5.91 Å². The molecule has 0 aromatic carbocycles. The summed E-state index contributed by atoms with van der Waals surface area (Å²) in [6, 6.07) is 0.591. The average molecular weight is 248 g/mol. The molecule has 0 radical (unpaired) electrons. The summed E-state index contributed by atoms with van der Waals surface area (Å²) in [7, 11) is 0. The fraction of sp³-hybridized carbons (Fsp3) is 0.692. The van der Waals surface area contributed by atoms with Gasteiger partial charge in [0.1, 0.15) is 5.82 Å². The van der Waals surface area contributed by atoms with E-state index in [0.717, 1.165) is 38.9 Å². The first-order valence-electron chi connectivity index (χ1n) is 6.77. The Morgan fingerprint density at radius 1 is 1.28 bits per heavy atom. The van der Waals surface area contributed by atoms with Crippen molar-refractivity contribution in [3.63, 3.8) is 0 Å². The standard InChI is InChI=1S/C13H20N4O/c14-13(18)10-1-5-16(6-2-10)11-3-7-17-8-4-15-12(17)9-11/h4,8,10-11H,1-3,5-7,9H2,(H2,14,18). The van der Waals surface area contributed by atoms with Gasteiger partial charge in [-0.2, -0.15) is 0 Å². The maximum Gasteiger partial charge on any atom is 0.220 e. The summed E-state index contributed by atoms with van der Waals surface area (Å²) in [5.74, 6) is 1.16. The van der Waals surface area contributed by atoms with Crippen molar-refractivity contribution in [1.82, 2.24) is 14.5 Å². The number of hydrogen-bond acceptors (Lipinski definition) is 3. The van der Waals surface area contributed by atoms with Crippen LogP contribution in [0.15, 0.2) is 12.4 Å². The number of aryl methyl sites for hydroxylation is 1. The molecule has 2 aliphatic heterocycles. The number of amides is 1. The molecule has 2 aliphatic rings. The lowest BCUT2D eigenvalue weighted by Gasteiger charge is -2.38. The van der Waals surface area contributed by atoms with Crippen LogP contribution in [0.2, 0.25) is 0 Å². The lowest BCUT2D eigenvalue weighted by molar-refractivity contribution is -0.123. The van der Waals surface area contributed by atoms with Crippen molar-refractivity contribution in [2.24, 2.45) is 11.7 Å². The van der Waals surface area contributed by atoms with Gasteiger partial charge in [0.05, 0.1) is 0 Å². The first-order chi connectivity index (χ1) is 8.74. The van der Waals surface area contributed by atoms with Crippen molar-refractivity contribution in [1.29, 1.82) is 0 Å². The molecule has 1 aromatic heterocycles. The molecule has 18 heavy (non-hydrogen) atoms. The predicted molar refractivity (Wildman–Crippen MR) is 67.8 cm³/mol. The Balaban J connectivity index is 1.60. The fourth-order valence-electron chi connectivity index (χ4n) is 3.20. The molecule has 5 nitrogen and oxygen atoms in total. The molecule has 1 atom stereocenters. The van der Waals surface area contributed by atoms with Gasteiger partial charge in [-0.15, -0.1) is 0 Å². The summed E-state index contributed by atoms with van der Waals surface area (Å²) in [5, 5.41) is 0. The Labute approximate surface area is 107 Å². The number of imidazole rings is 1. The number of nitrogens with zero attached hydrogens (tertiary/aromatic N) is 3. The second-order valence-electron chi connectivity index (χ2n) is 5.40. The molecule has 98 valence electrons.